The number of amides is 2. The summed E-state index contributed by atoms with van der Waals surface area (Å²) in [5.41, 5.74) is 0.474. The number of ether oxygens (including phenoxy) is 1. The second kappa shape index (κ2) is 12.3. The van der Waals surface area contributed by atoms with Crippen molar-refractivity contribution in [2.75, 3.05) is 7.05 Å². The van der Waals surface area contributed by atoms with Crippen LogP contribution in [0.15, 0.2) is 30.3 Å². The quantitative estimate of drug-likeness (QED) is 0.507. The molecule has 0 bridgehead atoms. The lowest BCUT2D eigenvalue weighted by Gasteiger charge is -2.35. The Morgan fingerprint density at radius 1 is 1.18 bits per heavy atom. The summed E-state index contributed by atoms with van der Waals surface area (Å²) in [6.07, 6.45) is 3.02. The second-order valence-electron chi connectivity index (χ2n) is 10.5. The lowest BCUT2D eigenvalue weighted by atomic mass is 9.84. The van der Waals surface area contributed by atoms with Crippen molar-refractivity contribution >= 4 is 17.8 Å². The van der Waals surface area contributed by atoms with E-state index in [1.54, 1.807) is 7.05 Å². The van der Waals surface area contributed by atoms with Gasteiger partial charge in [0, 0.05) is 32.6 Å². The minimum absolute atomic E-state index is 0.0260. The van der Waals surface area contributed by atoms with Crippen LogP contribution in [0.25, 0.3) is 0 Å². The number of hydrogen-bond acceptors (Lipinski definition) is 5. The summed E-state index contributed by atoms with van der Waals surface area (Å²) < 4.78 is 5.78. The summed E-state index contributed by atoms with van der Waals surface area (Å²) in [5, 5.41) is 5.85. The van der Waals surface area contributed by atoms with Crippen molar-refractivity contribution in [2.24, 2.45) is 11.8 Å². The number of carbonyl (C=O) groups is 3. The second-order valence-corrected chi connectivity index (χ2v) is 10.5. The van der Waals surface area contributed by atoms with Crippen molar-refractivity contribution in [2.45, 2.75) is 97.5 Å². The Balaban J connectivity index is 2.44. The van der Waals surface area contributed by atoms with Gasteiger partial charge in [0.15, 0.2) is 0 Å². The summed E-state index contributed by atoms with van der Waals surface area (Å²) >= 11 is 0. The molecule has 0 radical (unpaired) electrons. The SMILES string of the molecule is CCCC(C[C@@H]1[C@H](C(=O)NC)C[C@H](C(=O)OC(C)(C)C)N1Cc1ccccc1)C(C)NC(C)=O. The van der Waals surface area contributed by atoms with E-state index in [4.69, 9.17) is 4.74 Å². The van der Waals surface area contributed by atoms with Gasteiger partial charge in [0.25, 0.3) is 0 Å². The molecule has 1 saturated heterocycles. The van der Waals surface area contributed by atoms with E-state index in [0.717, 1.165) is 18.4 Å². The van der Waals surface area contributed by atoms with Crippen LogP contribution in [-0.2, 0) is 25.7 Å². The Labute approximate surface area is 205 Å². The zero-order chi connectivity index (χ0) is 25.5. The summed E-state index contributed by atoms with van der Waals surface area (Å²) in [4.78, 5) is 40.2. The highest BCUT2D eigenvalue weighted by molar-refractivity contribution is 5.83. The predicted octanol–water partition coefficient (Wildman–Crippen LogP) is 3.66. The molecular weight excluding hydrogens is 430 g/mol. The molecule has 7 heteroatoms. The van der Waals surface area contributed by atoms with Gasteiger partial charge in [-0.2, -0.15) is 0 Å². The van der Waals surface area contributed by atoms with Gasteiger partial charge in [0.1, 0.15) is 11.6 Å². The third-order valence-corrected chi connectivity index (χ3v) is 6.58. The Bertz CT molecular complexity index is 821. The number of hydrogen-bond donors (Lipinski definition) is 2. The zero-order valence-corrected chi connectivity index (χ0v) is 21.9. The molecule has 0 spiro atoms. The lowest BCUT2D eigenvalue weighted by Crippen LogP contribution is -2.47. The summed E-state index contributed by atoms with van der Waals surface area (Å²) in [6, 6.07) is 9.34. The van der Waals surface area contributed by atoms with Crippen LogP contribution in [0.5, 0.6) is 0 Å². The smallest absolute Gasteiger partial charge is 0.323 e. The Morgan fingerprint density at radius 2 is 1.82 bits per heavy atom. The largest absolute Gasteiger partial charge is 0.459 e. The minimum Gasteiger partial charge on any atom is -0.459 e. The van der Waals surface area contributed by atoms with Crippen LogP contribution in [0.2, 0.25) is 0 Å². The van der Waals surface area contributed by atoms with Gasteiger partial charge in [-0.1, -0.05) is 43.7 Å². The predicted molar refractivity (Wildman–Crippen MR) is 134 cm³/mol. The first kappa shape index (κ1) is 27.8. The van der Waals surface area contributed by atoms with Crippen LogP contribution in [0.3, 0.4) is 0 Å². The van der Waals surface area contributed by atoms with Crippen LogP contribution in [-0.4, -0.2) is 53.5 Å². The number of benzene rings is 1. The van der Waals surface area contributed by atoms with Gasteiger partial charge in [-0.25, -0.2) is 0 Å². The highest BCUT2D eigenvalue weighted by atomic mass is 16.6. The van der Waals surface area contributed by atoms with E-state index < -0.39 is 11.6 Å². The van der Waals surface area contributed by atoms with Crippen molar-refractivity contribution in [1.29, 1.82) is 0 Å². The topological polar surface area (TPSA) is 87.7 Å². The summed E-state index contributed by atoms with van der Waals surface area (Å²) in [5.74, 6) is -0.564. The first-order chi connectivity index (χ1) is 16.0. The normalized spacial score (nSPS) is 22.6. The maximum Gasteiger partial charge on any atom is 0.323 e. The van der Waals surface area contributed by atoms with Gasteiger partial charge < -0.3 is 15.4 Å². The maximum atomic E-state index is 13.3. The van der Waals surface area contributed by atoms with Gasteiger partial charge in [-0.3, -0.25) is 19.3 Å². The van der Waals surface area contributed by atoms with Crippen molar-refractivity contribution in [3.05, 3.63) is 35.9 Å². The monoisotopic (exact) mass is 473 g/mol. The minimum atomic E-state index is -0.610. The van der Waals surface area contributed by atoms with Crippen molar-refractivity contribution in [3.8, 4) is 0 Å². The molecule has 1 aliphatic heterocycles. The fraction of sp³-hybridized carbons (Fsp3) is 0.667. The molecule has 7 nitrogen and oxygen atoms in total. The fourth-order valence-corrected chi connectivity index (χ4v) is 5.08. The van der Waals surface area contributed by atoms with Gasteiger partial charge in [0.2, 0.25) is 11.8 Å². The van der Waals surface area contributed by atoms with Crippen LogP contribution in [0, 0.1) is 11.8 Å². The molecule has 2 rings (SSSR count). The first-order valence-corrected chi connectivity index (χ1v) is 12.5. The van der Waals surface area contributed by atoms with E-state index in [0.29, 0.717) is 19.4 Å². The average molecular weight is 474 g/mol. The van der Waals surface area contributed by atoms with Gasteiger partial charge in [0.05, 0.1) is 5.92 Å². The molecule has 34 heavy (non-hydrogen) atoms. The fourth-order valence-electron chi connectivity index (χ4n) is 5.08. The number of likely N-dealkylation sites (tertiary alicyclic amines) is 1. The van der Waals surface area contributed by atoms with E-state index >= 15 is 0 Å². The first-order valence-electron chi connectivity index (χ1n) is 12.5. The number of rotatable bonds is 10. The molecule has 1 heterocycles. The molecule has 5 atom stereocenters. The van der Waals surface area contributed by atoms with Gasteiger partial charge >= 0.3 is 5.97 Å². The third-order valence-electron chi connectivity index (χ3n) is 6.58. The van der Waals surface area contributed by atoms with Crippen molar-refractivity contribution in [3.63, 3.8) is 0 Å². The summed E-state index contributed by atoms with van der Waals surface area (Å²) in [6.45, 7) is 11.8. The van der Waals surface area contributed by atoms with E-state index in [2.05, 4.69) is 22.5 Å². The number of nitrogens with one attached hydrogen (secondary N) is 2. The Morgan fingerprint density at radius 3 is 2.35 bits per heavy atom. The van der Waals surface area contributed by atoms with Crippen molar-refractivity contribution in [1.82, 2.24) is 15.5 Å². The molecule has 0 aromatic heterocycles. The highest BCUT2D eigenvalue weighted by Crippen LogP contribution is 2.38. The molecule has 1 aliphatic rings. The van der Waals surface area contributed by atoms with E-state index in [-0.39, 0.29) is 41.7 Å². The zero-order valence-electron chi connectivity index (χ0n) is 21.9. The molecule has 2 N–H and O–H groups in total. The van der Waals surface area contributed by atoms with E-state index in [1.165, 1.54) is 6.92 Å². The molecule has 2 unspecified atom stereocenters. The molecule has 1 aromatic rings. The molecule has 2 amide bonds. The molecule has 1 fully saturated rings. The standard InChI is InChI=1S/C27H43N3O4/c1-8-12-21(18(2)29-19(3)31)15-23-22(25(32)28-7)16-24(26(33)34-27(4,5)6)30(23)17-20-13-10-9-11-14-20/h9-11,13-14,18,21-24H,8,12,15-17H2,1-7H3,(H,28,32)(H,29,31)/t18?,21?,22-,23-,24-/m1/s1. The molecule has 0 saturated carbocycles. The molecule has 1 aromatic carbocycles. The van der Waals surface area contributed by atoms with Gasteiger partial charge in [-0.15, -0.1) is 0 Å². The van der Waals surface area contributed by atoms with Crippen LogP contribution >= 0.6 is 0 Å². The van der Waals surface area contributed by atoms with Gasteiger partial charge in [-0.05, 0) is 58.4 Å². The van der Waals surface area contributed by atoms with Crippen LogP contribution in [0.4, 0.5) is 0 Å². The van der Waals surface area contributed by atoms with Crippen LogP contribution in [0.1, 0.15) is 72.8 Å². The average Bonchev–Trinajstić information content (AvgIpc) is 3.10. The number of nitrogens with zero attached hydrogens (tertiary/aromatic N) is 1. The molecule has 190 valence electrons. The van der Waals surface area contributed by atoms with Crippen LogP contribution < -0.4 is 10.6 Å². The molecular formula is C27H43N3O4. The maximum absolute atomic E-state index is 13.3. The Hall–Kier alpha value is -2.41. The van der Waals surface area contributed by atoms with E-state index in [1.807, 2.05) is 58.0 Å². The number of carbonyl (C=O) groups excluding carboxylic acids is 3. The number of esters is 1. The van der Waals surface area contributed by atoms with E-state index in [9.17, 15) is 14.4 Å². The summed E-state index contributed by atoms with van der Waals surface area (Å²) in [7, 11) is 1.64. The highest BCUT2D eigenvalue weighted by Gasteiger charge is 2.49. The lowest BCUT2D eigenvalue weighted by molar-refractivity contribution is -0.161. The van der Waals surface area contributed by atoms with Crippen molar-refractivity contribution < 1.29 is 19.1 Å². The Kier molecular flexibility index (Phi) is 10.1. The molecule has 0 aliphatic carbocycles. The third kappa shape index (κ3) is 7.83.